The number of halogens is 2. The third kappa shape index (κ3) is 4.60. The van der Waals surface area contributed by atoms with Gasteiger partial charge in [-0.25, -0.2) is 8.60 Å². The van der Waals surface area contributed by atoms with Crippen LogP contribution < -0.4 is 10.2 Å². The van der Waals surface area contributed by atoms with Crippen LogP contribution in [0, 0.1) is 5.82 Å². The van der Waals surface area contributed by atoms with E-state index in [1.165, 1.54) is 29.2 Å². The number of hydrogen-bond acceptors (Lipinski definition) is 3. The van der Waals surface area contributed by atoms with E-state index in [1.54, 1.807) is 60.7 Å². The standard InChI is InChI=1S/C27H18ClFN2O3S/c28-19-6-3-5-17(13-19)16-31-23-14-18(26(32)30-21-8-4-7-20(29)15-21)11-12-25(23)35(34)24-10-2-1-9-22(24)27(31)33/h1-15H,16H2,(H,30,32)/t35-/m0/s1. The van der Waals surface area contributed by atoms with Crippen molar-refractivity contribution in [1.29, 1.82) is 0 Å². The highest BCUT2D eigenvalue weighted by molar-refractivity contribution is 7.85. The number of benzene rings is 4. The first kappa shape index (κ1) is 23.0. The average Bonchev–Trinajstić information content (AvgIpc) is 2.93. The molecule has 0 spiro atoms. The number of fused-ring (bicyclic) bond motifs is 2. The van der Waals surface area contributed by atoms with E-state index in [4.69, 9.17) is 11.6 Å². The number of rotatable bonds is 4. The summed E-state index contributed by atoms with van der Waals surface area (Å²) in [5, 5.41) is 3.18. The van der Waals surface area contributed by atoms with Crippen molar-refractivity contribution < 1.29 is 18.2 Å². The Hall–Kier alpha value is -3.81. The second-order valence-corrected chi connectivity index (χ2v) is 9.79. The third-order valence-corrected chi connectivity index (χ3v) is 7.32. The summed E-state index contributed by atoms with van der Waals surface area (Å²) in [5.74, 6) is -1.30. The first-order valence-electron chi connectivity index (χ1n) is 10.7. The second-order valence-electron chi connectivity index (χ2n) is 7.93. The van der Waals surface area contributed by atoms with Crippen LogP contribution in [0.2, 0.25) is 5.02 Å². The monoisotopic (exact) mass is 504 g/mol. The fourth-order valence-electron chi connectivity index (χ4n) is 3.95. The third-order valence-electron chi connectivity index (χ3n) is 5.59. The van der Waals surface area contributed by atoms with Crippen molar-refractivity contribution >= 4 is 45.6 Å². The predicted molar refractivity (Wildman–Crippen MR) is 134 cm³/mol. The van der Waals surface area contributed by atoms with Crippen LogP contribution in [0.1, 0.15) is 26.3 Å². The van der Waals surface area contributed by atoms with Gasteiger partial charge in [-0.3, -0.25) is 9.59 Å². The summed E-state index contributed by atoms with van der Waals surface area (Å²) in [6.07, 6.45) is 0. The lowest BCUT2D eigenvalue weighted by Gasteiger charge is -2.23. The van der Waals surface area contributed by atoms with Gasteiger partial charge >= 0.3 is 0 Å². The molecule has 2 amide bonds. The van der Waals surface area contributed by atoms with Gasteiger partial charge in [-0.15, -0.1) is 0 Å². The Balaban J connectivity index is 1.60. The second kappa shape index (κ2) is 9.44. The highest BCUT2D eigenvalue weighted by Crippen LogP contribution is 2.36. The molecule has 0 aliphatic carbocycles. The fraction of sp³-hybridized carbons (Fsp3) is 0.0370. The highest BCUT2D eigenvalue weighted by Gasteiger charge is 2.31. The number of nitrogens with zero attached hydrogens (tertiary/aromatic N) is 1. The predicted octanol–water partition coefficient (Wildman–Crippen LogP) is 6.06. The Morgan fingerprint density at radius 2 is 1.71 bits per heavy atom. The SMILES string of the molecule is O=C(Nc1cccc(F)c1)c1ccc2c(c1)N(Cc1cccc(Cl)c1)C(=O)c1ccccc1[S@@]2=O. The molecule has 0 saturated carbocycles. The summed E-state index contributed by atoms with van der Waals surface area (Å²) in [6, 6.07) is 24.1. The number of nitrogens with one attached hydrogen (secondary N) is 1. The molecule has 1 heterocycles. The van der Waals surface area contributed by atoms with Gasteiger partial charge in [0.05, 0.1) is 38.4 Å². The molecule has 8 heteroatoms. The van der Waals surface area contributed by atoms with Crippen molar-refractivity contribution in [2.75, 3.05) is 10.2 Å². The van der Waals surface area contributed by atoms with Gasteiger partial charge in [0, 0.05) is 16.3 Å². The van der Waals surface area contributed by atoms with Gasteiger partial charge in [-0.05, 0) is 66.2 Å². The minimum Gasteiger partial charge on any atom is -0.322 e. The average molecular weight is 505 g/mol. The zero-order valence-electron chi connectivity index (χ0n) is 18.2. The Bertz CT molecular complexity index is 1510. The summed E-state index contributed by atoms with van der Waals surface area (Å²) < 4.78 is 27.1. The summed E-state index contributed by atoms with van der Waals surface area (Å²) in [7, 11) is -1.64. The Labute approximate surface area is 208 Å². The lowest BCUT2D eigenvalue weighted by molar-refractivity contribution is 0.0979. The molecule has 1 N–H and O–H groups in total. The maximum atomic E-state index is 13.7. The molecular formula is C27H18ClFN2O3S. The van der Waals surface area contributed by atoms with Crippen LogP contribution in [0.5, 0.6) is 0 Å². The summed E-state index contributed by atoms with van der Waals surface area (Å²) in [5.41, 5.74) is 2.00. The van der Waals surface area contributed by atoms with E-state index < -0.39 is 22.5 Å². The number of hydrogen-bond donors (Lipinski definition) is 1. The Morgan fingerprint density at radius 1 is 0.914 bits per heavy atom. The van der Waals surface area contributed by atoms with Crippen molar-refractivity contribution in [2.45, 2.75) is 16.3 Å². The van der Waals surface area contributed by atoms with E-state index >= 15 is 0 Å². The van der Waals surface area contributed by atoms with Gasteiger partial charge in [0.25, 0.3) is 11.8 Å². The molecule has 0 bridgehead atoms. The molecule has 5 rings (SSSR count). The maximum Gasteiger partial charge on any atom is 0.259 e. The number of carbonyl (C=O) groups excluding carboxylic acids is 2. The zero-order chi connectivity index (χ0) is 24.5. The van der Waals surface area contributed by atoms with Gasteiger partial charge in [0.2, 0.25) is 0 Å². The Kier molecular flexibility index (Phi) is 6.19. The quantitative estimate of drug-likeness (QED) is 0.367. The van der Waals surface area contributed by atoms with Gasteiger partial charge in [-0.2, -0.15) is 0 Å². The van der Waals surface area contributed by atoms with Gasteiger partial charge in [0.1, 0.15) is 5.82 Å². The lowest BCUT2D eigenvalue weighted by Crippen LogP contribution is -2.30. The molecule has 0 saturated heterocycles. The number of amides is 2. The van der Waals surface area contributed by atoms with Crippen LogP contribution in [0.3, 0.4) is 0 Å². The summed E-state index contributed by atoms with van der Waals surface area (Å²) in [4.78, 5) is 28.9. The van der Waals surface area contributed by atoms with E-state index in [1.807, 2.05) is 6.07 Å². The molecule has 1 aliphatic heterocycles. The topological polar surface area (TPSA) is 66.5 Å². The minimum atomic E-state index is -1.64. The molecule has 1 atom stereocenters. The molecule has 35 heavy (non-hydrogen) atoms. The fourth-order valence-corrected chi connectivity index (χ4v) is 5.51. The van der Waals surface area contributed by atoms with E-state index in [-0.39, 0.29) is 18.0 Å². The van der Waals surface area contributed by atoms with Gasteiger partial charge < -0.3 is 10.2 Å². The molecule has 1 aliphatic rings. The summed E-state index contributed by atoms with van der Waals surface area (Å²) in [6.45, 7) is 0.160. The van der Waals surface area contributed by atoms with Crippen molar-refractivity contribution in [3.8, 4) is 0 Å². The zero-order valence-corrected chi connectivity index (χ0v) is 19.8. The first-order valence-corrected chi connectivity index (χ1v) is 12.2. The number of carbonyl (C=O) groups is 2. The van der Waals surface area contributed by atoms with E-state index in [0.29, 0.717) is 31.8 Å². The van der Waals surface area contributed by atoms with Crippen molar-refractivity contribution in [2.24, 2.45) is 0 Å². The normalized spacial score (nSPS) is 14.6. The molecule has 4 aromatic rings. The van der Waals surface area contributed by atoms with E-state index in [0.717, 1.165) is 5.56 Å². The smallest absolute Gasteiger partial charge is 0.259 e. The molecule has 0 unspecified atom stereocenters. The van der Waals surface area contributed by atoms with Gasteiger partial charge in [0.15, 0.2) is 0 Å². The molecule has 0 fully saturated rings. The highest BCUT2D eigenvalue weighted by atomic mass is 35.5. The first-order chi connectivity index (χ1) is 16.9. The molecule has 174 valence electrons. The van der Waals surface area contributed by atoms with Crippen molar-refractivity contribution in [3.63, 3.8) is 0 Å². The van der Waals surface area contributed by atoms with E-state index in [2.05, 4.69) is 5.32 Å². The van der Waals surface area contributed by atoms with Crippen LogP contribution in [0.25, 0.3) is 0 Å². The minimum absolute atomic E-state index is 0.160. The van der Waals surface area contributed by atoms with Crippen molar-refractivity contribution in [3.05, 3.63) is 119 Å². The molecule has 4 aromatic carbocycles. The van der Waals surface area contributed by atoms with Crippen LogP contribution in [-0.2, 0) is 17.3 Å². The lowest BCUT2D eigenvalue weighted by atomic mass is 10.1. The molecule has 0 aromatic heterocycles. The summed E-state index contributed by atoms with van der Waals surface area (Å²) >= 11 is 6.16. The van der Waals surface area contributed by atoms with E-state index in [9.17, 15) is 18.2 Å². The van der Waals surface area contributed by atoms with Crippen molar-refractivity contribution in [1.82, 2.24) is 0 Å². The number of anilines is 2. The van der Waals surface area contributed by atoms with Crippen LogP contribution in [0.15, 0.2) is 101 Å². The van der Waals surface area contributed by atoms with Crippen LogP contribution in [-0.4, -0.2) is 16.0 Å². The van der Waals surface area contributed by atoms with Crippen LogP contribution in [0.4, 0.5) is 15.8 Å². The molecule has 5 nitrogen and oxygen atoms in total. The molecular weight excluding hydrogens is 487 g/mol. The molecule has 0 radical (unpaired) electrons. The van der Waals surface area contributed by atoms with Gasteiger partial charge in [-0.1, -0.05) is 41.9 Å². The van der Waals surface area contributed by atoms with Crippen LogP contribution >= 0.6 is 11.6 Å². The Morgan fingerprint density at radius 3 is 2.51 bits per heavy atom. The largest absolute Gasteiger partial charge is 0.322 e. The maximum absolute atomic E-state index is 13.7.